The molecule has 2 aliphatic carbocycles. The van der Waals surface area contributed by atoms with Gasteiger partial charge < -0.3 is 9.88 Å². The van der Waals surface area contributed by atoms with Crippen LogP contribution in [0.25, 0.3) is 0 Å². The lowest BCUT2D eigenvalue weighted by atomic mass is 10.0. The Morgan fingerprint density at radius 3 is 3.05 bits per heavy atom. The summed E-state index contributed by atoms with van der Waals surface area (Å²) in [4.78, 5) is 22.0. The number of carbonyl (C=O) groups is 1. The van der Waals surface area contributed by atoms with Gasteiger partial charge in [0.25, 0.3) is 5.91 Å². The number of carbonyl (C=O) groups excluding carboxylic acids is 1. The third-order valence-corrected chi connectivity index (χ3v) is 5.07. The Balaban J connectivity index is 1.38. The molecule has 2 saturated carbocycles. The van der Waals surface area contributed by atoms with Crippen LogP contribution in [0.2, 0.25) is 0 Å². The minimum absolute atomic E-state index is 0.0707. The van der Waals surface area contributed by atoms with Crippen LogP contribution in [0, 0.1) is 17.8 Å². The van der Waals surface area contributed by atoms with Gasteiger partial charge in [-0.05, 0) is 25.2 Å². The Bertz CT molecular complexity index is 684. The highest BCUT2D eigenvalue weighted by atomic mass is 16.2. The van der Waals surface area contributed by atoms with Gasteiger partial charge in [-0.1, -0.05) is 0 Å². The summed E-state index contributed by atoms with van der Waals surface area (Å²) in [7, 11) is 0. The molecule has 2 aliphatic heterocycles. The predicted molar refractivity (Wildman–Crippen MR) is 76.9 cm³/mol. The summed E-state index contributed by atoms with van der Waals surface area (Å²) in [5, 5.41) is 8.68. The quantitative estimate of drug-likeness (QED) is 0.884. The van der Waals surface area contributed by atoms with Gasteiger partial charge in [-0.25, -0.2) is 4.98 Å². The molecule has 1 N–H and O–H groups in total. The topological polar surface area (TPSA) is 73.7 Å². The Kier molecular flexibility index (Phi) is 2.23. The summed E-state index contributed by atoms with van der Waals surface area (Å²) in [6.45, 7) is 1.34. The maximum atomic E-state index is 12.7. The van der Waals surface area contributed by atoms with Crippen LogP contribution in [0.4, 0.5) is 0 Å². The summed E-state index contributed by atoms with van der Waals surface area (Å²) in [5.74, 6) is 1.60. The van der Waals surface area contributed by atoms with Crippen LogP contribution in [0.1, 0.15) is 30.7 Å². The van der Waals surface area contributed by atoms with Crippen LogP contribution < -0.4 is 0 Å². The number of nitrogens with zero attached hydrogens (tertiary/aromatic N) is 4. The molecule has 108 valence electrons. The van der Waals surface area contributed by atoms with E-state index in [1.54, 1.807) is 6.33 Å². The van der Waals surface area contributed by atoms with Crippen molar-refractivity contribution in [1.82, 2.24) is 14.9 Å². The highest BCUT2D eigenvalue weighted by Crippen LogP contribution is 2.49. The van der Waals surface area contributed by atoms with Crippen molar-refractivity contribution >= 4 is 17.3 Å². The molecule has 6 nitrogen and oxygen atoms in total. The number of imidazole rings is 1. The lowest BCUT2D eigenvalue weighted by Gasteiger charge is -2.27. The van der Waals surface area contributed by atoms with E-state index in [9.17, 15) is 4.79 Å². The molecule has 2 atom stereocenters. The molecule has 21 heavy (non-hydrogen) atoms. The minimum atomic E-state index is 0.0707. The second-order valence-electron chi connectivity index (χ2n) is 6.54. The maximum absolute atomic E-state index is 12.7. The lowest BCUT2D eigenvalue weighted by Crippen LogP contribution is -2.41. The van der Waals surface area contributed by atoms with Crippen molar-refractivity contribution in [3.63, 3.8) is 0 Å². The Hall–Kier alpha value is -1.98. The average molecular weight is 283 g/mol. The first-order valence-electron chi connectivity index (χ1n) is 7.77. The molecule has 5 rings (SSSR count). The molecule has 1 aromatic heterocycles. The van der Waals surface area contributed by atoms with Crippen molar-refractivity contribution in [3.05, 3.63) is 17.7 Å². The predicted octanol–water partition coefficient (Wildman–Crippen LogP) is 1.15. The van der Waals surface area contributed by atoms with Crippen LogP contribution in [0.3, 0.4) is 0 Å². The molecule has 1 amide bonds. The van der Waals surface area contributed by atoms with Gasteiger partial charge >= 0.3 is 0 Å². The summed E-state index contributed by atoms with van der Waals surface area (Å²) < 4.78 is 0. The molecule has 2 unspecified atom stereocenters. The zero-order chi connectivity index (χ0) is 14.0. The van der Waals surface area contributed by atoms with Gasteiger partial charge in [-0.15, -0.1) is 5.10 Å². The number of aromatic amines is 1. The van der Waals surface area contributed by atoms with E-state index in [0.717, 1.165) is 30.8 Å². The van der Waals surface area contributed by atoms with Crippen LogP contribution in [0.15, 0.2) is 16.5 Å². The van der Waals surface area contributed by atoms with Crippen LogP contribution in [-0.4, -0.2) is 38.7 Å². The van der Waals surface area contributed by atoms with Gasteiger partial charge in [0.15, 0.2) is 0 Å². The van der Waals surface area contributed by atoms with Gasteiger partial charge in [0.2, 0.25) is 0 Å². The first kappa shape index (κ1) is 11.7. The van der Waals surface area contributed by atoms with Crippen molar-refractivity contribution in [1.29, 1.82) is 0 Å². The van der Waals surface area contributed by atoms with Crippen LogP contribution in [-0.2, 0) is 17.8 Å². The molecule has 0 spiro atoms. The van der Waals surface area contributed by atoms with Gasteiger partial charge in [0.05, 0.1) is 24.3 Å². The first-order valence-corrected chi connectivity index (χ1v) is 7.77. The van der Waals surface area contributed by atoms with E-state index in [4.69, 9.17) is 0 Å². The summed E-state index contributed by atoms with van der Waals surface area (Å²) in [5.41, 5.74) is 4.10. The highest BCUT2D eigenvalue weighted by molar-refractivity contribution is 6.41. The number of fused-ring (bicyclic) bond motifs is 2. The Morgan fingerprint density at radius 1 is 1.29 bits per heavy atom. The average Bonchev–Trinajstić information content (AvgIpc) is 3.41. The number of rotatable bonds is 2. The van der Waals surface area contributed by atoms with E-state index in [2.05, 4.69) is 20.2 Å². The smallest absolute Gasteiger partial charge is 0.270 e. The van der Waals surface area contributed by atoms with Gasteiger partial charge in [-0.2, -0.15) is 5.10 Å². The second-order valence-corrected chi connectivity index (χ2v) is 6.54. The zero-order valence-corrected chi connectivity index (χ0v) is 11.7. The largest absolute Gasteiger partial charge is 0.347 e. The molecule has 1 aromatic rings. The zero-order valence-electron chi connectivity index (χ0n) is 11.7. The van der Waals surface area contributed by atoms with Crippen molar-refractivity contribution < 1.29 is 4.79 Å². The van der Waals surface area contributed by atoms with Crippen molar-refractivity contribution in [2.45, 2.75) is 32.2 Å². The van der Waals surface area contributed by atoms with Crippen molar-refractivity contribution in [2.75, 3.05) is 6.54 Å². The van der Waals surface area contributed by atoms with Gasteiger partial charge in [-0.3, -0.25) is 4.79 Å². The molecule has 6 heteroatoms. The van der Waals surface area contributed by atoms with E-state index >= 15 is 0 Å². The third-order valence-electron chi connectivity index (χ3n) is 5.07. The second kappa shape index (κ2) is 4.02. The number of nitrogens with one attached hydrogen (secondary N) is 1. The van der Waals surface area contributed by atoms with Crippen LogP contribution >= 0.6 is 0 Å². The molecule has 0 aromatic carbocycles. The molecular weight excluding hydrogens is 266 g/mol. The molecule has 0 saturated heterocycles. The fourth-order valence-corrected chi connectivity index (χ4v) is 3.60. The van der Waals surface area contributed by atoms with E-state index in [-0.39, 0.29) is 5.91 Å². The van der Waals surface area contributed by atoms with Crippen molar-refractivity contribution in [3.8, 4) is 0 Å². The molecule has 2 fully saturated rings. The standard InChI is InChI=1S/C15H17N5O/c21-15(20-4-3-11-12(6-20)17-7-16-11)14-10-5-9(10)13(18-19-14)8-1-2-8/h7-10H,1-6H2,(H,16,17). The van der Waals surface area contributed by atoms with Crippen molar-refractivity contribution in [2.24, 2.45) is 28.0 Å². The molecular formula is C15H17N5O. The van der Waals surface area contributed by atoms with E-state index in [1.807, 2.05) is 4.90 Å². The van der Waals surface area contributed by atoms with E-state index < -0.39 is 0 Å². The van der Waals surface area contributed by atoms with E-state index in [1.165, 1.54) is 18.6 Å². The van der Waals surface area contributed by atoms with E-state index in [0.29, 0.717) is 30.0 Å². The highest BCUT2D eigenvalue weighted by Gasteiger charge is 2.53. The number of aromatic nitrogens is 2. The molecule has 0 radical (unpaired) electrons. The summed E-state index contributed by atoms with van der Waals surface area (Å²) in [6.07, 6.45) is 6.12. The fraction of sp³-hybridized carbons (Fsp3) is 0.600. The molecule has 4 aliphatic rings. The Labute approximate surface area is 122 Å². The number of hydrogen-bond acceptors (Lipinski definition) is 4. The monoisotopic (exact) mass is 283 g/mol. The number of amides is 1. The number of hydrogen-bond donors (Lipinski definition) is 1. The SMILES string of the molecule is O=C(C1=NN=C(C2CC2)C2CC12)N1CCc2nc[nH]c2C1. The summed E-state index contributed by atoms with van der Waals surface area (Å²) >= 11 is 0. The third kappa shape index (κ3) is 1.78. The Morgan fingerprint density at radius 2 is 2.19 bits per heavy atom. The maximum Gasteiger partial charge on any atom is 0.270 e. The van der Waals surface area contributed by atoms with Gasteiger partial charge in [0, 0.05) is 30.5 Å². The van der Waals surface area contributed by atoms with Crippen LogP contribution in [0.5, 0.6) is 0 Å². The molecule has 0 bridgehead atoms. The molecule has 3 heterocycles. The summed E-state index contributed by atoms with van der Waals surface area (Å²) in [6, 6.07) is 0. The fourth-order valence-electron chi connectivity index (χ4n) is 3.60. The minimum Gasteiger partial charge on any atom is -0.347 e. The first-order chi connectivity index (χ1) is 10.3. The normalized spacial score (nSPS) is 30.2. The number of H-pyrrole nitrogens is 1. The van der Waals surface area contributed by atoms with Gasteiger partial charge in [0.1, 0.15) is 5.71 Å². The lowest BCUT2D eigenvalue weighted by molar-refractivity contribution is -0.125.